The monoisotopic (exact) mass is 477 g/mol. The molecule has 0 atom stereocenters. The van der Waals surface area contributed by atoms with Crippen molar-refractivity contribution in [2.45, 2.75) is 31.6 Å². The third kappa shape index (κ3) is 5.03. The number of rotatable bonds is 10. The summed E-state index contributed by atoms with van der Waals surface area (Å²) in [6.07, 6.45) is 1.49. The second kappa shape index (κ2) is 10.3. The van der Waals surface area contributed by atoms with Crippen LogP contribution >= 0.6 is 11.3 Å². The highest BCUT2D eigenvalue weighted by atomic mass is 32.2. The van der Waals surface area contributed by atoms with E-state index in [0.29, 0.717) is 45.5 Å². The lowest BCUT2D eigenvalue weighted by Gasteiger charge is -2.20. The lowest BCUT2D eigenvalue weighted by atomic mass is 10.2. The summed E-state index contributed by atoms with van der Waals surface area (Å²) in [6, 6.07) is 9.76. The number of benzene rings is 2. The van der Waals surface area contributed by atoms with Crippen LogP contribution in [-0.4, -0.2) is 50.9 Å². The van der Waals surface area contributed by atoms with Gasteiger partial charge in [0.15, 0.2) is 5.13 Å². The second-order valence-corrected chi connectivity index (χ2v) is 10.0. The summed E-state index contributed by atoms with van der Waals surface area (Å²) < 4.78 is 38.8. The maximum atomic E-state index is 13.1. The fourth-order valence-electron chi connectivity index (χ4n) is 3.27. The average molecular weight is 478 g/mol. The molecular weight excluding hydrogens is 450 g/mol. The molecule has 172 valence electrons. The first-order valence-corrected chi connectivity index (χ1v) is 12.5. The van der Waals surface area contributed by atoms with Crippen LogP contribution in [0, 0.1) is 0 Å². The lowest BCUT2D eigenvalue weighted by Crippen LogP contribution is -2.32. The van der Waals surface area contributed by atoms with Crippen LogP contribution in [0.5, 0.6) is 11.5 Å². The fourth-order valence-corrected chi connectivity index (χ4v) is 5.90. The van der Waals surface area contributed by atoms with E-state index in [1.54, 1.807) is 36.4 Å². The van der Waals surface area contributed by atoms with Gasteiger partial charge in [0.05, 0.1) is 34.9 Å². The van der Waals surface area contributed by atoms with Crippen LogP contribution in [0.15, 0.2) is 41.3 Å². The smallest absolute Gasteiger partial charge is 0.261 e. The molecule has 1 aromatic heterocycles. The topological polar surface area (TPSA) is 97.8 Å². The average Bonchev–Trinajstić information content (AvgIpc) is 3.19. The van der Waals surface area contributed by atoms with Crippen molar-refractivity contribution in [3.63, 3.8) is 0 Å². The maximum absolute atomic E-state index is 13.1. The predicted molar refractivity (Wildman–Crippen MR) is 126 cm³/mol. The van der Waals surface area contributed by atoms with Gasteiger partial charge in [-0.2, -0.15) is 4.31 Å². The molecule has 0 aliphatic carbocycles. The standard InChI is InChI=1S/C22H27N3O5S2/c1-5-11-25(12-6-2)32(27,28)16-8-10-18-20(14-16)31-22(23-18)24-21(26)17-9-7-15(29-3)13-19(17)30-4/h7-10,13-14H,5-6,11-12H2,1-4H3,(H,23,24,26). The number of methoxy groups -OCH3 is 2. The SMILES string of the molecule is CCCN(CCC)S(=O)(=O)c1ccc2nc(NC(=O)c3ccc(OC)cc3OC)sc2c1. The summed E-state index contributed by atoms with van der Waals surface area (Å²) in [6.45, 7) is 4.86. The van der Waals surface area contributed by atoms with Crippen molar-refractivity contribution in [1.82, 2.24) is 9.29 Å². The van der Waals surface area contributed by atoms with Crippen LogP contribution < -0.4 is 14.8 Å². The molecule has 0 fully saturated rings. The summed E-state index contributed by atoms with van der Waals surface area (Å²) in [5.41, 5.74) is 0.953. The number of fused-ring (bicyclic) bond motifs is 1. The Hall–Kier alpha value is -2.69. The summed E-state index contributed by atoms with van der Waals surface area (Å²) in [7, 11) is -0.579. The van der Waals surface area contributed by atoms with Gasteiger partial charge in [0, 0.05) is 19.2 Å². The minimum atomic E-state index is -3.59. The first-order valence-electron chi connectivity index (χ1n) is 10.3. The summed E-state index contributed by atoms with van der Waals surface area (Å²) in [4.78, 5) is 17.4. The molecule has 1 N–H and O–H groups in total. The van der Waals surface area contributed by atoms with Crippen molar-refractivity contribution in [2.24, 2.45) is 0 Å². The number of thiazole rings is 1. The van der Waals surface area contributed by atoms with E-state index >= 15 is 0 Å². The number of carbonyl (C=O) groups excluding carboxylic acids is 1. The first kappa shape index (κ1) is 24.0. The van der Waals surface area contributed by atoms with Gasteiger partial charge >= 0.3 is 0 Å². The number of aromatic nitrogens is 1. The molecule has 8 nitrogen and oxygen atoms in total. The Morgan fingerprint density at radius 3 is 2.41 bits per heavy atom. The second-order valence-electron chi connectivity index (χ2n) is 7.07. The molecule has 10 heteroatoms. The highest BCUT2D eigenvalue weighted by Gasteiger charge is 2.24. The van der Waals surface area contributed by atoms with Gasteiger partial charge in [-0.15, -0.1) is 0 Å². The van der Waals surface area contributed by atoms with Gasteiger partial charge in [-0.05, 0) is 43.2 Å². The van der Waals surface area contributed by atoms with Gasteiger partial charge in [-0.3, -0.25) is 10.1 Å². The Labute approximate surface area is 192 Å². The molecule has 0 aliphatic rings. The highest BCUT2D eigenvalue weighted by Crippen LogP contribution is 2.31. The molecule has 1 amide bonds. The molecule has 0 radical (unpaired) electrons. The number of hydrogen-bond donors (Lipinski definition) is 1. The van der Waals surface area contributed by atoms with Gasteiger partial charge in [-0.25, -0.2) is 13.4 Å². The number of nitrogens with zero attached hydrogens (tertiary/aromatic N) is 2. The van der Waals surface area contributed by atoms with E-state index < -0.39 is 10.0 Å². The Morgan fingerprint density at radius 2 is 1.78 bits per heavy atom. The Balaban J connectivity index is 1.87. The van der Waals surface area contributed by atoms with E-state index in [-0.39, 0.29) is 10.8 Å². The first-order chi connectivity index (χ1) is 15.3. The molecule has 2 aromatic carbocycles. The Morgan fingerprint density at radius 1 is 1.06 bits per heavy atom. The van der Waals surface area contributed by atoms with Crippen LogP contribution in [0.1, 0.15) is 37.0 Å². The number of sulfonamides is 1. The van der Waals surface area contributed by atoms with E-state index in [2.05, 4.69) is 10.3 Å². The van der Waals surface area contributed by atoms with Crippen LogP contribution in [0.4, 0.5) is 5.13 Å². The van der Waals surface area contributed by atoms with Gasteiger partial charge in [0.2, 0.25) is 10.0 Å². The number of nitrogens with one attached hydrogen (secondary N) is 1. The normalized spacial score (nSPS) is 11.7. The minimum absolute atomic E-state index is 0.227. The molecule has 0 saturated heterocycles. The van der Waals surface area contributed by atoms with E-state index in [1.165, 1.54) is 29.9 Å². The number of hydrogen-bond acceptors (Lipinski definition) is 7. The third-order valence-corrected chi connectivity index (χ3v) is 7.65. The maximum Gasteiger partial charge on any atom is 0.261 e. The van der Waals surface area contributed by atoms with E-state index in [1.807, 2.05) is 13.8 Å². The summed E-state index contributed by atoms with van der Waals surface area (Å²) in [5.74, 6) is 0.573. The third-order valence-electron chi connectivity index (χ3n) is 4.82. The van der Waals surface area contributed by atoms with Crippen molar-refractivity contribution in [2.75, 3.05) is 32.6 Å². The number of ether oxygens (including phenoxy) is 2. The van der Waals surface area contributed by atoms with E-state index in [0.717, 1.165) is 12.8 Å². The van der Waals surface area contributed by atoms with E-state index in [9.17, 15) is 13.2 Å². The van der Waals surface area contributed by atoms with Gasteiger partial charge < -0.3 is 9.47 Å². The number of amides is 1. The zero-order valence-corrected chi connectivity index (χ0v) is 20.2. The molecule has 32 heavy (non-hydrogen) atoms. The van der Waals surface area contributed by atoms with Gasteiger partial charge in [0.1, 0.15) is 11.5 Å². The Kier molecular flexibility index (Phi) is 7.70. The van der Waals surface area contributed by atoms with Crippen LogP contribution in [0.25, 0.3) is 10.2 Å². The summed E-state index contributed by atoms with van der Waals surface area (Å²) in [5, 5.41) is 3.14. The van der Waals surface area contributed by atoms with Gasteiger partial charge in [-0.1, -0.05) is 25.2 Å². The molecule has 0 bridgehead atoms. The van der Waals surface area contributed by atoms with Crippen LogP contribution in [0.2, 0.25) is 0 Å². The van der Waals surface area contributed by atoms with Crippen molar-refractivity contribution in [1.29, 1.82) is 0 Å². The molecule has 3 rings (SSSR count). The molecule has 0 unspecified atom stereocenters. The molecule has 3 aromatic rings. The molecule has 0 saturated carbocycles. The van der Waals surface area contributed by atoms with E-state index in [4.69, 9.17) is 9.47 Å². The predicted octanol–water partition coefficient (Wildman–Crippen LogP) is 4.38. The van der Waals surface area contributed by atoms with Crippen molar-refractivity contribution < 1.29 is 22.7 Å². The molecular formula is C22H27N3O5S2. The number of carbonyl (C=O) groups is 1. The van der Waals surface area contributed by atoms with Crippen LogP contribution in [-0.2, 0) is 10.0 Å². The lowest BCUT2D eigenvalue weighted by molar-refractivity contribution is 0.102. The van der Waals surface area contributed by atoms with Crippen molar-refractivity contribution in [3.8, 4) is 11.5 Å². The van der Waals surface area contributed by atoms with Crippen molar-refractivity contribution >= 4 is 42.6 Å². The number of anilines is 1. The van der Waals surface area contributed by atoms with Crippen LogP contribution in [0.3, 0.4) is 0 Å². The Bertz CT molecular complexity index is 1200. The zero-order valence-electron chi connectivity index (χ0n) is 18.5. The minimum Gasteiger partial charge on any atom is -0.497 e. The largest absolute Gasteiger partial charge is 0.497 e. The quantitative estimate of drug-likeness (QED) is 0.465. The molecule has 0 aliphatic heterocycles. The van der Waals surface area contributed by atoms with Crippen molar-refractivity contribution in [3.05, 3.63) is 42.0 Å². The van der Waals surface area contributed by atoms with Gasteiger partial charge in [0.25, 0.3) is 5.91 Å². The highest BCUT2D eigenvalue weighted by molar-refractivity contribution is 7.89. The molecule has 0 spiro atoms. The zero-order chi connectivity index (χ0) is 23.3. The fraction of sp³-hybridized carbons (Fsp3) is 0.364. The molecule has 1 heterocycles. The summed E-state index contributed by atoms with van der Waals surface area (Å²) >= 11 is 1.22.